The second kappa shape index (κ2) is 8.48. The second-order valence-corrected chi connectivity index (χ2v) is 11.8. The predicted octanol–water partition coefficient (Wildman–Crippen LogP) is 3.61. The number of rotatable bonds is 8. The zero-order valence-electron chi connectivity index (χ0n) is 14.8. The molecule has 0 saturated carbocycles. The highest BCUT2D eigenvalue weighted by molar-refractivity contribution is 6.74. The summed E-state index contributed by atoms with van der Waals surface area (Å²) in [6.45, 7) is 14.4. The molecule has 5 nitrogen and oxygen atoms in total. The van der Waals surface area contributed by atoms with Gasteiger partial charge in [0.2, 0.25) is 0 Å². The van der Waals surface area contributed by atoms with Gasteiger partial charge in [0.25, 0.3) is 0 Å². The van der Waals surface area contributed by atoms with Crippen molar-refractivity contribution in [1.29, 1.82) is 0 Å². The maximum Gasteiger partial charge on any atom is 0.330 e. The molecular formula is C16H30O5Si. The van der Waals surface area contributed by atoms with Crippen LogP contribution in [0.25, 0.3) is 0 Å². The molecule has 0 aliphatic rings. The molecule has 0 unspecified atom stereocenters. The number of carbonyl (C=O) groups excluding carboxylic acids is 1. The Balaban J connectivity index is 5.17. The van der Waals surface area contributed by atoms with Crippen molar-refractivity contribution < 1.29 is 23.9 Å². The van der Waals surface area contributed by atoms with Gasteiger partial charge in [-0.2, -0.15) is 0 Å². The van der Waals surface area contributed by atoms with E-state index in [9.17, 15) is 9.59 Å². The van der Waals surface area contributed by atoms with E-state index in [2.05, 4.69) is 33.9 Å². The molecule has 0 aliphatic heterocycles. The molecule has 0 rings (SSSR count). The lowest BCUT2D eigenvalue weighted by Crippen LogP contribution is -2.45. The van der Waals surface area contributed by atoms with Gasteiger partial charge in [-0.25, -0.2) is 4.79 Å². The Hall–Kier alpha value is -1.14. The molecule has 0 aromatic carbocycles. The molecule has 0 spiro atoms. The van der Waals surface area contributed by atoms with E-state index in [4.69, 9.17) is 14.3 Å². The standard InChI is InChI=1S/C16H30O5Si/c1-8-20-15(19)10-9-13(12(2)11-14(17)18)21-22(6,7)16(3,4)5/h9-10,12-13H,8,11H2,1-7H3,(H,17,18)/b10-9-/t12-,13+/m0/s1. The van der Waals surface area contributed by atoms with E-state index in [1.54, 1.807) is 13.0 Å². The fraction of sp³-hybridized carbons (Fsp3) is 0.750. The summed E-state index contributed by atoms with van der Waals surface area (Å²) in [5.41, 5.74) is 0. The number of aliphatic carboxylic acids is 1. The van der Waals surface area contributed by atoms with Gasteiger partial charge >= 0.3 is 11.9 Å². The summed E-state index contributed by atoms with van der Waals surface area (Å²) in [4.78, 5) is 22.4. The maximum atomic E-state index is 11.5. The zero-order valence-corrected chi connectivity index (χ0v) is 15.8. The van der Waals surface area contributed by atoms with Crippen molar-refractivity contribution in [3.8, 4) is 0 Å². The first-order chi connectivity index (χ1) is 9.90. The number of hydrogen-bond donors (Lipinski definition) is 1. The summed E-state index contributed by atoms with van der Waals surface area (Å²) in [7, 11) is -2.07. The lowest BCUT2D eigenvalue weighted by molar-refractivity contribution is -0.138. The molecule has 0 heterocycles. The van der Waals surface area contributed by atoms with Gasteiger partial charge in [0.1, 0.15) is 0 Å². The van der Waals surface area contributed by atoms with E-state index in [1.807, 2.05) is 6.92 Å². The molecule has 128 valence electrons. The Morgan fingerprint density at radius 1 is 1.27 bits per heavy atom. The summed E-state index contributed by atoms with van der Waals surface area (Å²) in [6, 6.07) is 0. The first kappa shape index (κ1) is 20.9. The number of carboxylic acid groups (broad SMARTS) is 1. The number of ether oxygens (including phenoxy) is 1. The highest BCUT2D eigenvalue weighted by Crippen LogP contribution is 2.38. The Morgan fingerprint density at radius 2 is 1.82 bits per heavy atom. The van der Waals surface area contributed by atoms with E-state index >= 15 is 0 Å². The van der Waals surface area contributed by atoms with Crippen LogP contribution in [0.5, 0.6) is 0 Å². The smallest absolute Gasteiger partial charge is 0.330 e. The van der Waals surface area contributed by atoms with Crippen LogP contribution in [-0.4, -0.2) is 38.1 Å². The van der Waals surface area contributed by atoms with Crippen molar-refractivity contribution in [3.63, 3.8) is 0 Å². The summed E-state index contributed by atoms with van der Waals surface area (Å²) in [5, 5.41) is 9.00. The molecule has 0 bridgehead atoms. The fourth-order valence-corrected chi connectivity index (χ4v) is 2.96. The average Bonchev–Trinajstić information content (AvgIpc) is 2.32. The van der Waals surface area contributed by atoms with E-state index < -0.39 is 26.4 Å². The molecule has 0 saturated heterocycles. The second-order valence-electron chi connectivity index (χ2n) is 7.03. The third-order valence-electron chi connectivity index (χ3n) is 4.00. The molecule has 0 aromatic heterocycles. The van der Waals surface area contributed by atoms with Gasteiger partial charge in [0.15, 0.2) is 8.32 Å². The molecule has 2 atom stereocenters. The van der Waals surface area contributed by atoms with Crippen LogP contribution in [0.1, 0.15) is 41.0 Å². The summed E-state index contributed by atoms with van der Waals surface area (Å²) in [5.74, 6) is -1.54. The third-order valence-corrected chi connectivity index (χ3v) is 8.48. The average molecular weight is 330 g/mol. The van der Waals surface area contributed by atoms with Crippen LogP contribution < -0.4 is 0 Å². The largest absolute Gasteiger partial charge is 0.481 e. The first-order valence-electron chi connectivity index (χ1n) is 7.65. The van der Waals surface area contributed by atoms with Gasteiger partial charge < -0.3 is 14.3 Å². The molecule has 22 heavy (non-hydrogen) atoms. The molecule has 0 aliphatic carbocycles. The normalized spacial score (nSPS) is 15.6. The monoisotopic (exact) mass is 330 g/mol. The zero-order chi connectivity index (χ0) is 17.6. The fourth-order valence-electron chi connectivity index (χ4n) is 1.62. The van der Waals surface area contributed by atoms with Gasteiger partial charge in [-0.15, -0.1) is 0 Å². The van der Waals surface area contributed by atoms with E-state index in [1.165, 1.54) is 6.08 Å². The van der Waals surface area contributed by atoms with E-state index in [0.29, 0.717) is 6.61 Å². The number of carboxylic acids is 1. The molecule has 0 fully saturated rings. The van der Waals surface area contributed by atoms with Gasteiger partial charge in [-0.1, -0.05) is 27.7 Å². The quantitative estimate of drug-likeness (QED) is 0.418. The van der Waals surface area contributed by atoms with Crippen molar-refractivity contribution in [2.75, 3.05) is 6.61 Å². The minimum Gasteiger partial charge on any atom is -0.481 e. The van der Waals surface area contributed by atoms with Gasteiger partial charge in [-0.05, 0) is 37.0 Å². The number of esters is 1. The molecular weight excluding hydrogens is 300 g/mol. The van der Waals surface area contributed by atoms with Crippen molar-refractivity contribution in [3.05, 3.63) is 12.2 Å². The molecule has 0 amide bonds. The number of hydrogen-bond acceptors (Lipinski definition) is 4. The topological polar surface area (TPSA) is 72.8 Å². The molecule has 0 aromatic rings. The van der Waals surface area contributed by atoms with E-state index in [0.717, 1.165) is 0 Å². The minimum atomic E-state index is -2.07. The van der Waals surface area contributed by atoms with Crippen LogP contribution in [0.4, 0.5) is 0 Å². The Labute approximate surface area is 134 Å². The third kappa shape index (κ3) is 7.22. The van der Waals surface area contributed by atoms with Crippen LogP contribution in [0.3, 0.4) is 0 Å². The van der Waals surface area contributed by atoms with Crippen LogP contribution >= 0.6 is 0 Å². The summed E-state index contributed by atoms with van der Waals surface area (Å²) >= 11 is 0. The van der Waals surface area contributed by atoms with Crippen molar-refractivity contribution in [1.82, 2.24) is 0 Å². The van der Waals surface area contributed by atoms with Crippen LogP contribution in [0.15, 0.2) is 12.2 Å². The van der Waals surface area contributed by atoms with Crippen molar-refractivity contribution >= 4 is 20.3 Å². The predicted molar refractivity (Wildman–Crippen MR) is 89.3 cm³/mol. The lowest BCUT2D eigenvalue weighted by atomic mass is 10.0. The molecule has 0 radical (unpaired) electrons. The Kier molecular flexibility index (Phi) is 8.04. The lowest BCUT2D eigenvalue weighted by Gasteiger charge is -2.40. The number of carbonyl (C=O) groups is 2. The van der Waals surface area contributed by atoms with Gasteiger partial charge in [0, 0.05) is 6.08 Å². The highest BCUT2D eigenvalue weighted by atomic mass is 28.4. The van der Waals surface area contributed by atoms with Crippen LogP contribution in [0.2, 0.25) is 18.1 Å². The highest BCUT2D eigenvalue weighted by Gasteiger charge is 2.39. The van der Waals surface area contributed by atoms with Crippen LogP contribution in [-0.2, 0) is 18.8 Å². The van der Waals surface area contributed by atoms with E-state index in [-0.39, 0.29) is 17.4 Å². The minimum absolute atomic E-state index is 0.00591. The first-order valence-corrected chi connectivity index (χ1v) is 10.6. The van der Waals surface area contributed by atoms with Gasteiger partial charge in [0.05, 0.1) is 19.1 Å². The molecule has 6 heteroatoms. The summed E-state index contributed by atoms with van der Waals surface area (Å²) in [6.07, 6.45) is 2.54. The van der Waals surface area contributed by atoms with Crippen LogP contribution in [0, 0.1) is 5.92 Å². The Morgan fingerprint density at radius 3 is 2.23 bits per heavy atom. The SMILES string of the molecule is CCOC(=O)/C=C\[C@@H](O[Si](C)(C)C(C)(C)C)[C@@H](C)CC(=O)O. The molecule has 1 N–H and O–H groups in total. The van der Waals surface area contributed by atoms with Crippen molar-refractivity contribution in [2.24, 2.45) is 5.92 Å². The van der Waals surface area contributed by atoms with Crippen molar-refractivity contribution in [2.45, 2.75) is 65.3 Å². The summed E-state index contributed by atoms with van der Waals surface area (Å²) < 4.78 is 11.1. The Bertz CT molecular complexity index is 409. The van der Waals surface area contributed by atoms with Gasteiger partial charge in [-0.3, -0.25) is 4.79 Å². The maximum absolute atomic E-state index is 11.5.